The Balaban J connectivity index is 1.36. The molecule has 3 aromatic carbocycles. The van der Waals surface area contributed by atoms with Gasteiger partial charge in [-0.2, -0.15) is 0 Å². The summed E-state index contributed by atoms with van der Waals surface area (Å²) in [5.41, 5.74) is 2.75. The molecule has 2 heterocycles. The highest BCUT2D eigenvalue weighted by Gasteiger charge is 2.45. The molecule has 5 rings (SSSR count). The minimum Gasteiger partial charge on any atom is -0.370 e. The molecule has 0 saturated carbocycles. The molecule has 2 N–H and O–H groups in total. The van der Waals surface area contributed by atoms with Crippen molar-refractivity contribution in [3.63, 3.8) is 0 Å². The van der Waals surface area contributed by atoms with E-state index in [0.717, 1.165) is 44.5 Å². The lowest BCUT2D eigenvalue weighted by atomic mass is 9.68. The number of halogens is 2. The summed E-state index contributed by atoms with van der Waals surface area (Å²) < 4.78 is 21.8. The first kappa shape index (κ1) is 32.5. The highest BCUT2D eigenvalue weighted by Crippen LogP contribution is 2.47. The van der Waals surface area contributed by atoms with Crippen molar-refractivity contribution in [2.24, 2.45) is 11.8 Å². The first-order chi connectivity index (χ1) is 20.9. The minimum absolute atomic E-state index is 0.0560. The highest BCUT2D eigenvalue weighted by molar-refractivity contribution is 6.30. The van der Waals surface area contributed by atoms with Crippen LogP contribution in [0.15, 0.2) is 72.8 Å². The number of rotatable bonds is 9. The number of piperazine rings is 1. The van der Waals surface area contributed by atoms with Gasteiger partial charge in [0.05, 0.1) is 11.2 Å². The average molecular weight is 620 g/mol. The van der Waals surface area contributed by atoms with Gasteiger partial charge in [0.1, 0.15) is 5.82 Å². The van der Waals surface area contributed by atoms with Crippen molar-refractivity contribution >= 4 is 28.9 Å². The van der Waals surface area contributed by atoms with E-state index in [1.807, 2.05) is 43.3 Å². The molecule has 0 aliphatic carbocycles. The van der Waals surface area contributed by atoms with E-state index in [2.05, 4.69) is 67.5 Å². The Labute approximate surface area is 267 Å². The summed E-state index contributed by atoms with van der Waals surface area (Å²) in [6.45, 7) is 13.2. The number of benzene rings is 3. The van der Waals surface area contributed by atoms with Gasteiger partial charge in [-0.05, 0) is 107 Å². The van der Waals surface area contributed by atoms with Crippen molar-refractivity contribution < 1.29 is 13.9 Å². The van der Waals surface area contributed by atoms with Crippen LogP contribution in [0.1, 0.15) is 70.9 Å². The van der Waals surface area contributed by atoms with Gasteiger partial charge in [-0.15, -0.1) is 0 Å². The molecule has 1 amide bonds. The lowest BCUT2D eigenvalue weighted by Crippen LogP contribution is -2.51. The van der Waals surface area contributed by atoms with Gasteiger partial charge in [0.15, 0.2) is 0 Å². The zero-order valence-electron chi connectivity index (χ0n) is 26.7. The number of carbonyl (C=O) groups is 1. The zero-order chi connectivity index (χ0) is 31.5. The van der Waals surface area contributed by atoms with Crippen molar-refractivity contribution in [1.29, 1.82) is 0 Å². The fourth-order valence-electron chi connectivity index (χ4n) is 7.70. The van der Waals surface area contributed by atoms with Crippen LogP contribution >= 0.6 is 11.6 Å². The molecule has 2 aliphatic rings. The van der Waals surface area contributed by atoms with Crippen molar-refractivity contribution in [2.75, 3.05) is 29.9 Å². The third-order valence-electron chi connectivity index (χ3n) is 9.32. The van der Waals surface area contributed by atoms with E-state index in [9.17, 15) is 4.79 Å². The Morgan fingerprint density at radius 3 is 2.39 bits per heavy atom. The molecule has 236 valence electrons. The summed E-state index contributed by atoms with van der Waals surface area (Å²) in [5, 5.41) is 7.32. The second-order valence-electron chi connectivity index (χ2n) is 13.8. The molecule has 2 aliphatic heterocycles. The third-order valence-corrected chi connectivity index (χ3v) is 9.57. The maximum Gasteiger partial charge on any atom is 0.227 e. The molecule has 44 heavy (non-hydrogen) atoms. The molecule has 2 fully saturated rings. The van der Waals surface area contributed by atoms with Crippen LogP contribution in [-0.4, -0.2) is 42.8 Å². The van der Waals surface area contributed by atoms with Crippen LogP contribution < -0.4 is 15.5 Å². The van der Waals surface area contributed by atoms with Crippen molar-refractivity contribution in [1.82, 2.24) is 5.32 Å². The lowest BCUT2D eigenvalue weighted by Gasteiger charge is -2.48. The Morgan fingerprint density at radius 2 is 1.70 bits per heavy atom. The monoisotopic (exact) mass is 619 g/mol. The average Bonchev–Trinajstić information content (AvgIpc) is 2.97. The second kappa shape index (κ2) is 13.6. The van der Waals surface area contributed by atoms with E-state index in [1.54, 1.807) is 6.07 Å². The molecule has 3 atom stereocenters. The quantitative estimate of drug-likeness (QED) is 0.253. The van der Waals surface area contributed by atoms with Gasteiger partial charge >= 0.3 is 0 Å². The van der Waals surface area contributed by atoms with Crippen LogP contribution in [0.5, 0.6) is 0 Å². The molecule has 1 unspecified atom stereocenters. The van der Waals surface area contributed by atoms with Crippen LogP contribution in [0.3, 0.4) is 0 Å². The molecule has 0 aromatic heterocycles. The Kier molecular flexibility index (Phi) is 10.0. The SMILES string of the molecule is C[C@H](C(=O)Nc1cccc(F)c1CC[C@H]1CNCCN1c1ccccc1)C(c1ccc(Cl)cc1)C1CC(C)(C)OC(C)(C)C1. The molecule has 0 spiro atoms. The first-order valence-corrected chi connectivity index (χ1v) is 16.4. The largest absolute Gasteiger partial charge is 0.370 e. The molecular formula is C37H47ClFN3O2. The topological polar surface area (TPSA) is 53.6 Å². The smallest absolute Gasteiger partial charge is 0.227 e. The van der Waals surface area contributed by atoms with Crippen molar-refractivity contribution in [3.8, 4) is 0 Å². The Bertz CT molecular complexity index is 1400. The molecule has 0 radical (unpaired) electrons. The van der Waals surface area contributed by atoms with Crippen LogP contribution in [0.2, 0.25) is 5.02 Å². The normalized spacial score (nSPS) is 21.4. The minimum atomic E-state index is -0.363. The predicted octanol–water partition coefficient (Wildman–Crippen LogP) is 8.23. The first-order valence-electron chi connectivity index (χ1n) is 16.0. The molecule has 3 aromatic rings. The molecule has 5 nitrogen and oxygen atoms in total. The van der Waals surface area contributed by atoms with Gasteiger partial charge in [0, 0.05) is 53.6 Å². The standard InChI is InChI=1S/C37H47ClFN3O2/c1-25(34(26-14-16-28(38)17-15-26)27-22-36(2,3)44-37(4,5)23-27)35(43)41-33-13-9-12-32(39)31(33)19-18-30-24-40-20-21-42(30)29-10-7-6-8-11-29/h6-17,25,27,30,34,40H,18-24H2,1-5H3,(H,41,43)/t25-,30-,34?/m0/s1. The maximum absolute atomic E-state index is 15.4. The number of amides is 1. The molecule has 2 saturated heterocycles. The van der Waals surface area contributed by atoms with Crippen molar-refractivity contribution in [2.45, 2.75) is 83.5 Å². The summed E-state index contributed by atoms with van der Waals surface area (Å²) in [6.07, 6.45) is 2.95. The van der Waals surface area contributed by atoms with E-state index in [4.69, 9.17) is 16.3 Å². The fraction of sp³-hybridized carbons (Fsp3) is 0.486. The van der Waals surface area contributed by atoms with Gasteiger partial charge in [0.25, 0.3) is 0 Å². The van der Waals surface area contributed by atoms with Gasteiger partial charge in [-0.1, -0.05) is 54.9 Å². The van der Waals surface area contributed by atoms with Gasteiger partial charge in [-0.25, -0.2) is 4.39 Å². The van der Waals surface area contributed by atoms with Crippen LogP contribution in [0, 0.1) is 17.7 Å². The van der Waals surface area contributed by atoms with E-state index in [-0.39, 0.29) is 46.7 Å². The van der Waals surface area contributed by atoms with Crippen LogP contribution in [-0.2, 0) is 16.0 Å². The summed E-state index contributed by atoms with van der Waals surface area (Å²) in [4.78, 5) is 16.5. The fourth-order valence-corrected chi connectivity index (χ4v) is 7.83. The summed E-state index contributed by atoms with van der Waals surface area (Å²) in [7, 11) is 0. The van der Waals surface area contributed by atoms with E-state index in [1.165, 1.54) is 11.8 Å². The second-order valence-corrected chi connectivity index (χ2v) is 14.3. The van der Waals surface area contributed by atoms with Gasteiger partial charge in [-0.3, -0.25) is 4.79 Å². The number of hydrogen-bond donors (Lipinski definition) is 2. The Morgan fingerprint density at radius 1 is 1.02 bits per heavy atom. The van der Waals surface area contributed by atoms with Crippen LogP contribution in [0.25, 0.3) is 0 Å². The van der Waals surface area contributed by atoms with E-state index in [0.29, 0.717) is 22.7 Å². The van der Waals surface area contributed by atoms with Gasteiger partial charge in [0.2, 0.25) is 5.91 Å². The summed E-state index contributed by atoms with van der Waals surface area (Å²) in [6, 6.07) is 23.5. The molecular weight excluding hydrogens is 573 g/mol. The summed E-state index contributed by atoms with van der Waals surface area (Å²) >= 11 is 6.26. The van der Waals surface area contributed by atoms with Crippen molar-refractivity contribution in [3.05, 3.63) is 94.8 Å². The van der Waals surface area contributed by atoms with E-state index >= 15 is 4.39 Å². The highest BCUT2D eigenvalue weighted by atomic mass is 35.5. The predicted molar refractivity (Wildman–Crippen MR) is 179 cm³/mol. The van der Waals surface area contributed by atoms with Crippen LogP contribution in [0.4, 0.5) is 15.8 Å². The number of ether oxygens (including phenoxy) is 1. The third kappa shape index (κ3) is 7.82. The molecule has 7 heteroatoms. The maximum atomic E-state index is 15.4. The number of nitrogens with zero attached hydrogens (tertiary/aromatic N) is 1. The molecule has 0 bridgehead atoms. The number of anilines is 2. The van der Waals surface area contributed by atoms with E-state index < -0.39 is 0 Å². The number of nitrogens with one attached hydrogen (secondary N) is 2. The zero-order valence-corrected chi connectivity index (χ0v) is 27.5. The summed E-state index contributed by atoms with van der Waals surface area (Å²) in [5.74, 6) is -0.597. The number of carbonyl (C=O) groups excluding carboxylic acids is 1. The Hall–Kier alpha value is -2.93. The number of para-hydroxylation sites is 1. The number of hydrogen-bond acceptors (Lipinski definition) is 4. The van der Waals surface area contributed by atoms with Gasteiger partial charge < -0.3 is 20.3 Å². The lowest BCUT2D eigenvalue weighted by molar-refractivity contribution is -0.177.